The summed E-state index contributed by atoms with van der Waals surface area (Å²) in [6, 6.07) is 8.03. The topological polar surface area (TPSA) is 73.9 Å². The van der Waals surface area contributed by atoms with Gasteiger partial charge in [-0.2, -0.15) is 9.97 Å². The fourth-order valence-electron chi connectivity index (χ4n) is 2.84. The van der Waals surface area contributed by atoms with Gasteiger partial charge in [-0.25, -0.2) is 4.98 Å². The highest BCUT2D eigenvalue weighted by molar-refractivity contribution is 5.53. The molecule has 0 amide bonds. The molecule has 0 saturated heterocycles. The molecule has 1 fully saturated rings. The standard InChI is InChI=1S/C20H22N4O2/c1-11-12(2)21-14(4)22-19(11)25-13(3)15-5-9-17(10-6-15)20-23-18(24-26-20)16-7-8-16/h5-6,9-10,13,16H,7-8H2,1-4H3. The third-order valence-corrected chi connectivity index (χ3v) is 4.76. The number of aryl methyl sites for hydroxylation is 2. The average Bonchev–Trinajstić information content (AvgIpc) is 3.36. The van der Waals surface area contributed by atoms with E-state index in [1.165, 1.54) is 0 Å². The molecule has 4 rings (SSSR count). The predicted molar refractivity (Wildman–Crippen MR) is 97.0 cm³/mol. The van der Waals surface area contributed by atoms with Crippen molar-refractivity contribution in [2.45, 2.75) is 52.6 Å². The lowest BCUT2D eigenvalue weighted by Crippen LogP contribution is -2.08. The maximum Gasteiger partial charge on any atom is 0.257 e. The summed E-state index contributed by atoms with van der Waals surface area (Å²) in [5, 5.41) is 4.07. The largest absolute Gasteiger partial charge is 0.469 e. The molecule has 1 aliphatic carbocycles. The van der Waals surface area contributed by atoms with Gasteiger partial charge in [0.2, 0.25) is 5.88 Å². The summed E-state index contributed by atoms with van der Waals surface area (Å²) in [5.74, 6) is 3.24. The molecule has 6 heteroatoms. The number of aromatic nitrogens is 4. The summed E-state index contributed by atoms with van der Waals surface area (Å²) in [6.45, 7) is 7.84. The van der Waals surface area contributed by atoms with E-state index in [2.05, 4.69) is 20.1 Å². The Hall–Kier alpha value is -2.76. The maximum atomic E-state index is 6.08. The highest BCUT2D eigenvalue weighted by atomic mass is 16.5. The molecule has 26 heavy (non-hydrogen) atoms. The molecule has 6 nitrogen and oxygen atoms in total. The van der Waals surface area contributed by atoms with Crippen LogP contribution < -0.4 is 4.74 Å². The van der Waals surface area contributed by atoms with Crippen LogP contribution in [-0.4, -0.2) is 20.1 Å². The van der Waals surface area contributed by atoms with E-state index in [-0.39, 0.29) is 6.10 Å². The quantitative estimate of drug-likeness (QED) is 0.676. The van der Waals surface area contributed by atoms with Gasteiger partial charge in [-0.15, -0.1) is 0 Å². The highest BCUT2D eigenvalue weighted by Crippen LogP contribution is 2.39. The van der Waals surface area contributed by atoms with Crippen LogP contribution in [0.1, 0.15) is 60.3 Å². The Balaban J connectivity index is 1.50. The molecule has 0 bridgehead atoms. The van der Waals surface area contributed by atoms with Crippen molar-refractivity contribution in [3.63, 3.8) is 0 Å². The third-order valence-electron chi connectivity index (χ3n) is 4.76. The van der Waals surface area contributed by atoms with E-state index in [4.69, 9.17) is 9.26 Å². The number of hydrogen-bond acceptors (Lipinski definition) is 6. The fourth-order valence-corrected chi connectivity index (χ4v) is 2.84. The lowest BCUT2D eigenvalue weighted by atomic mass is 10.1. The van der Waals surface area contributed by atoms with Gasteiger partial charge in [0.25, 0.3) is 5.89 Å². The second-order valence-electron chi connectivity index (χ2n) is 6.90. The van der Waals surface area contributed by atoms with E-state index in [0.717, 1.165) is 41.1 Å². The Morgan fingerprint density at radius 2 is 1.77 bits per heavy atom. The van der Waals surface area contributed by atoms with E-state index < -0.39 is 0 Å². The number of benzene rings is 1. The molecule has 2 aromatic heterocycles. The first-order valence-electron chi connectivity index (χ1n) is 8.93. The molecular weight excluding hydrogens is 328 g/mol. The van der Waals surface area contributed by atoms with Crippen LogP contribution in [0.3, 0.4) is 0 Å². The first-order valence-corrected chi connectivity index (χ1v) is 8.93. The van der Waals surface area contributed by atoms with E-state index >= 15 is 0 Å². The molecule has 134 valence electrons. The van der Waals surface area contributed by atoms with Crippen molar-refractivity contribution in [1.29, 1.82) is 0 Å². The molecule has 0 N–H and O–H groups in total. The van der Waals surface area contributed by atoms with Gasteiger partial charge >= 0.3 is 0 Å². The molecule has 1 atom stereocenters. The van der Waals surface area contributed by atoms with Gasteiger partial charge in [-0.3, -0.25) is 0 Å². The van der Waals surface area contributed by atoms with Gasteiger partial charge in [0, 0.05) is 22.7 Å². The molecule has 1 saturated carbocycles. The van der Waals surface area contributed by atoms with Crippen molar-refractivity contribution in [1.82, 2.24) is 20.1 Å². The summed E-state index contributed by atoms with van der Waals surface area (Å²) in [6.07, 6.45) is 2.20. The van der Waals surface area contributed by atoms with Crippen LogP contribution in [-0.2, 0) is 0 Å². The summed E-state index contributed by atoms with van der Waals surface area (Å²) < 4.78 is 11.5. The minimum Gasteiger partial charge on any atom is -0.469 e. The van der Waals surface area contributed by atoms with Crippen molar-refractivity contribution < 1.29 is 9.26 Å². The Kier molecular flexibility index (Phi) is 4.18. The van der Waals surface area contributed by atoms with E-state index in [9.17, 15) is 0 Å². The number of nitrogens with zero attached hydrogens (tertiary/aromatic N) is 4. The van der Waals surface area contributed by atoms with Gasteiger partial charge in [0.05, 0.1) is 0 Å². The fraction of sp³-hybridized carbons (Fsp3) is 0.400. The summed E-state index contributed by atoms with van der Waals surface area (Å²) >= 11 is 0. The van der Waals surface area contributed by atoms with E-state index in [1.807, 2.05) is 52.0 Å². The zero-order valence-corrected chi connectivity index (χ0v) is 15.5. The van der Waals surface area contributed by atoms with Gasteiger partial charge in [-0.05, 0) is 58.2 Å². The number of rotatable bonds is 5. The van der Waals surface area contributed by atoms with Crippen LogP contribution in [0.2, 0.25) is 0 Å². The molecule has 1 aliphatic rings. The second-order valence-corrected chi connectivity index (χ2v) is 6.90. The predicted octanol–water partition coefficient (Wildman–Crippen LogP) is 4.47. The summed E-state index contributed by atoms with van der Waals surface area (Å²) in [7, 11) is 0. The third kappa shape index (κ3) is 3.31. The first-order chi connectivity index (χ1) is 12.5. The zero-order valence-electron chi connectivity index (χ0n) is 15.5. The normalized spacial score (nSPS) is 15.1. The van der Waals surface area contributed by atoms with E-state index in [0.29, 0.717) is 23.5 Å². The second kappa shape index (κ2) is 6.52. The van der Waals surface area contributed by atoms with Crippen molar-refractivity contribution >= 4 is 0 Å². The lowest BCUT2D eigenvalue weighted by molar-refractivity contribution is 0.214. The smallest absolute Gasteiger partial charge is 0.257 e. The first kappa shape index (κ1) is 16.7. The van der Waals surface area contributed by atoms with E-state index in [1.54, 1.807) is 0 Å². The SMILES string of the molecule is Cc1nc(C)c(C)c(OC(C)c2ccc(-c3nc(C4CC4)no3)cc2)n1. The van der Waals surface area contributed by atoms with Crippen molar-refractivity contribution in [2.75, 3.05) is 0 Å². The number of ether oxygens (including phenoxy) is 1. The molecular formula is C20H22N4O2. The molecule has 0 spiro atoms. The van der Waals surface area contributed by atoms with Crippen LogP contribution in [0.15, 0.2) is 28.8 Å². The van der Waals surface area contributed by atoms with Crippen molar-refractivity contribution in [3.8, 4) is 17.3 Å². The molecule has 1 unspecified atom stereocenters. The highest BCUT2D eigenvalue weighted by Gasteiger charge is 2.29. The van der Waals surface area contributed by atoms with Gasteiger partial charge in [0.15, 0.2) is 5.82 Å². The molecule has 3 aromatic rings. The van der Waals surface area contributed by atoms with Crippen molar-refractivity contribution in [2.24, 2.45) is 0 Å². The minimum absolute atomic E-state index is 0.124. The zero-order chi connectivity index (χ0) is 18.3. The van der Waals surface area contributed by atoms with Gasteiger partial charge in [0.1, 0.15) is 11.9 Å². The lowest BCUT2D eigenvalue weighted by Gasteiger charge is -2.17. The molecule has 2 heterocycles. The Labute approximate surface area is 152 Å². The molecule has 0 aliphatic heterocycles. The van der Waals surface area contributed by atoms with Crippen LogP contribution in [0.4, 0.5) is 0 Å². The van der Waals surface area contributed by atoms with Crippen LogP contribution in [0.5, 0.6) is 5.88 Å². The Morgan fingerprint density at radius 3 is 2.46 bits per heavy atom. The van der Waals surface area contributed by atoms with Crippen LogP contribution in [0, 0.1) is 20.8 Å². The Bertz CT molecular complexity index is 929. The molecule has 1 aromatic carbocycles. The molecule has 0 radical (unpaired) electrons. The van der Waals surface area contributed by atoms with Crippen LogP contribution >= 0.6 is 0 Å². The summed E-state index contributed by atoms with van der Waals surface area (Å²) in [4.78, 5) is 13.3. The monoisotopic (exact) mass is 350 g/mol. The minimum atomic E-state index is -0.124. The average molecular weight is 350 g/mol. The maximum absolute atomic E-state index is 6.08. The number of hydrogen-bond donors (Lipinski definition) is 0. The van der Waals surface area contributed by atoms with Crippen LogP contribution in [0.25, 0.3) is 11.5 Å². The van der Waals surface area contributed by atoms with Gasteiger partial charge in [-0.1, -0.05) is 17.3 Å². The van der Waals surface area contributed by atoms with Crippen molar-refractivity contribution in [3.05, 3.63) is 52.7 Å². The summed E-state index contributed by atoms with van der Waals surface area (Å²) in [5.41, 5.74) is 3.89. The van der Waals surface area contributed by atoms with Gasteiger partial charge < -0.3 is 9.26 Å². The Morgan fingerprint density at radius 1 is 1.04 bits per heavy atom.